The van der Waals surface area contributed by atoms with Gasteiger partial charge in [0.1, 0.15) is 0 Å². The SMILES string of the molecule is C/C(=N\Nc1nc(-c2cccs2)cs1)c1ccc(Cl)cc1. The van der Waals surface area contributed by atoms with E-state index in [2.05, 4.69) is 21.6 Å². The molecule has 0 aliphatic heterocycles. The maximum Gasteiger partial charge on any atom is 0.203 e. The van der Waals surface area contributed by atoms with Gasteiger partial charge in [-0.25, -0.2) is 4.98 Å². The highest BCUT2D eigenvalue weighted by Gasteiger charge is 2.05. The van der Waals surface area contributed by atoms with Gasteiger partial charge < -0.3 is 0 Å². The number of nitrogens with one attached hydrogen (secondary N) is 1. The first kappa shape index (κ1) is 14.3. The van der Waals surface area contributed by atoms with Crippen molar-refractivity contribution in [2.75, 3.05) is 5.43 Å². The van der Waals surface area contributed by atoms with Crippen LogP contribution in [0.15, 0.2) is 52.3 Å². The summed E-state index contributed by atoms with van der Waals surface area (Å²) in [6.45, 7) is 1.95. The van der Waals surface area contributed by atoms with E-state index < -0.39 is 0 Å². The molecule has 6 heteroatoms. The van der Waals surface area contributed by atoms with Gasteiger partial charge in [0.2, 0.25) is 5.13 Å². The minimum atomic E-state index is 0.722. The summed E-state index contributed by atoms with van der Waals surface area (Å²) < 4.78 is 0. The van der Waals surface area contributed by atoms with E-state index in [9.17, 15) is 0 Å². The lowest BCUT2D eigenvalue weighted by Crippen LogP contribution is -1.99. The molecule has 3 aromatic rings. The number of halogens is 1. The van der Waals surface area contributed by atoms with Crippen molar-refractivity contribution in [3.05, 3.63) is 57.7 Å². The summed E-state index contributed by atoms with van der Waals surface area (Å²) in [5.41, 5.74) is 5.91. The maximum atomic E-state index is 5.88. The van der Waals surface area contributed by atoms with Crippen molar-refractivity contribution in [1.82, 2.24) is 4.98 Å². The second-order valence-corrected chi connectivity index (χ2v) is 6.57. The highest BCUT2D eigenvalue weighted by atomic mass is 35.5. The van der Waals surface area contributed by atoms with E-state index in [-0.39, 0.29) is 0 Å². The zero-order valence-electron chi connectivity index (χ0n) is 11.2. The van der Waals surface area contributed by atoms with Crippen molar-refractivity contribution in [3.63, 3.8) is 0 Å². The van der Waals surface area contributed by atoms with Gasteiger partial charge in [-0.2, -0.15) is 5.10 Å². The first-order chi connectivity index (χ1) is 10.2. The Kier molecular flexibility index (Phi) is 4.34. The van der Waals surface area contributed by atoms with Gasteiger partial charge in [0, 0.05) is 10.4 Å². The summed E-state index contributed by atoms with van der Waals surface area (Å²) in [5.74, 6) is 0. The zero-order valence-corrected chi connectivity index (χ0v) is 13.6. The summed E-state index contributed by atoms with van der Waals surface area (Å²) in [7, 11) is 0. The molecule has 0 radical (unpaired) electrons. The Morgan fingerprint density at radius 1 is 1.19 bits per heavy atom. The highest BCUT2D eigenvalue weighted by Crippen LogP contribution is 2.28. The number of thiophene rings is 1. The van der Waals surface area contributed by atoms with Gasteiger partial charge in [-0.15, -0.1) is 22.7 Å². The van der Waals surface area contributed by atoms with Crippen molar-refractivity contribution >= 4 is 45.1 Å². The molecule has 0 unspecified atom stereocenters. The molecule has 0 atom stereocenters. The van der Waals surface area contributed by atoms with Gasteiger partial charge in [-0.05, 0) is 36.1 Å². The van der Waals surface area contributed by atoms with Crippen LogP contribution in [0.1, 0.15) is 12.5 Å². The Morgan fingerprint density at radius 3 is 2.71 bits per heavy atom. The van der Waals surface area contributed by atoms with E-state index in [1.165, 1.54) is 0 Å². The lowest BCUT2D eigenvalue weighted by molar-refractivity contribution is 1.27. The Morgan fingerprint density at radius 2 is 2.00 bits per heavy atom. The van der Waals surface area contributed by atoms with E-state index in [1.807, 2.05) is 48.0 Å². The molecule has 0 aliphatic carbocycles. The van der Waals surface area contributed by atoms with Gasteiger partial charge >= 0.3 is 0 Å². The maximum absolute atomic E-state index is 5.88. The molecule has 0 spiro atoms. The number of benzene rings is 1. The van der Waals surface area contributed by atoms with Crippen molar-refractivity contribution in [1.29, 1.82) is 0 Å². The Balaban J connectivity index is 1.72. The first-order valence-electron chi connectivity index (χ1n) is 6.28. The van der Waals surface area contributed by atoms with E-state index in [4.69, 9.17) is 11.6 Å². The van der Waals surface area contributed by atoms with Crippen molar-refractivity contribution in [2.24, 2.45) is 5.10 Å². The standard InChI is InChI=1S/C15H12ClN3S2/c1-10(11-4-6-12(16)7-5-11)18-19-15-17-13(9-21-15)14-3-2-8-20-14/h2-9H,1H3,(H,17,19)/b18-10+. The fraction of sp³-hybridized carbons (Fsp3) is 0.0667. The molecule has 106 valence electrons. The van der Waals surface area contributed by atoms with Crippen molar-refractivity contribution in [3.8, 4) is 10.6 Å². The van der Waals surface area contributed by atoms with Crippen LogP contribution in [-0.4, -0.2) is 10.7 Å². The highest BCUT2D eigenvalue weighted by molar-refractivity contribution is 7.15. The molecule has 3 rings (SSSR count). The molecule has 3 nitrogen and oxygen atoms in total. The molecular weight excluding hydrogens is 322 g/mol. The smallest absolute Gasteiger partial charge is 0.203 e. The number of aromatic nitrogens is 1. The molecule has 1 aromatic carbocycles. The molecule has 0 bridgehead atoms. The lowest BCUT2D eigenvalue weighted by Gasteiger charge is -2.01. The van der Waals surface area contributed by atoms with Gasteiger partial charge in [-0.1, -0.05) is 29.8 Å². The number of thiazole rings is 1. The summed E-state index contributed by atoms with van der Waals surface area (Å²) >= 11 is 9.10. The van der Waals surface area contributed by atoms with E-state index in [0.29, 0.717) is 0 Å². The summed E-state index contributed by atoms with van der Waals surface area (Å²) in [4.78, 5) is 5.69. The number of hydrogen-bond donors (Lipinski definition) is 1. The predicted octanol–water partition coefficient (Wildman–Crippen LogP) is 5.36. The molecule has 2 aromatic heterocycles. The normalized spacial score (nSPS) is 11.6. The molecule has 21 heavy (non-hydrogen) atoms. The molecule has 0 saturated carbocycles. The summed E-state index contributed by atoms with van der Waals surface area (Å²) in [6, 6.07) is 11.7. The van der Waals surface area contributed by atoms with Crippen LogP contribution in [0.5, 0.6) is 0 Å². The number of anilines is 1. The number of rotatable bonds is 4. The molecule has 0 fully saturated rings. The minimum absolute atomic E-state index is 0.722. The third kappa shape index (κ3) is 3.50. The second kappa shape index (κ2) is 6.39. The quantitative estimate of drug-likeness (QED) is 0.515. The lowest BCUT2D eigenvalue weighted by atomic mass is 10.1. The third-order valence-corrected chi connectivity index (χ3v) is 4.75. The average molecular weight is 334 g/mol. The molecule has 0 aliphatic rings. The van der Waals surface area contributed by atoms with Crippen LogP contribution in [0.3, 0.4) is 0 Å². The van der Waals surface area contributed by atoms with Crippen molar-refractivity contribution in [2.45, 2.75) is 6.92 Å². The zero-order chi connectivity index (χ0) is 14.7. The monoisotopic (exact) mass is 333 g/mol. The molecule has 0 amide bonds. The predicted molar refractivity (Wildman–Crippen MR) is 92.7 cm³/mol. The number of hydrazone groups is 1. The fourth-order valence-electron chi connectivity index (χ4n) is 1.75. The van der Waals surface area contributed by atoms with Crippen LogP contribution in [0.4, 0.5) is 5.13 Å². The summed E-state index contributed by atoms with van der Waals surface area (Å²) in [5, 5.41) is 9.95. The van der Waals surface area contributed by atoms with Crippen LogP contribution in [0, 0.1) is 0 Å². The Labute approximate surface area is 135 Å². The second-order valence-electron chi connectivity index (χ2n) is 4.33. The van der Waals surface area contributed by atoms with E-state index in [0.717, 1.165) is 32.0 Å². The number of hydrogen-bond acceptors (Lipinski definition) is 5. The molecule has 2 heterocycles. The van der Waals surface area contributed by atoms with Crippen LogP contribution in [-0.2, 0) is 0 Å². The van der Waals surface area contributed by atoms with Crippen LogP contribution in [0.25, 0.3) is 10.6 Å². The van der Waals surface area contributed by atoms with Crippen LogP contribution in [0.2, 0.25) is 5.02 Å². The van der Waals surface area contributed by atoms with Crippen LogP contribution < -0.4 is 5.43 Å². The van der Waals surface area contributed by atoms with Gasteiger partial charge in [0.25, 0.3) is 0 Å². The third-order valence-electron chi connectivity index (χ3n) is 2.86. The Bertz CT molecular complexity index is 746. The van der Waals surface area contributed by atoms with Crippen molar-refractivity contribution < 1.29 is 0 Å². The minimum Gasteiger partial charge on any atom is -0.252 e. The molecular formula is C15H12ClN3S2. The largest absolute Gasteiger partial charge is 0.252 e. The average Bonchev–Trinajstić information content (AvgIpc) is 3.16. The van der Waals surface area contributed by atoms with Crippen LogP contribution >= 0.6 is 34.3 Å². The van der Waals surface area contributed by atoms with Gasteiger partial charge in [0.15, 0.2) is 0 Å². The van der Waals surface area contributed by atoms with Gasteiger partial charge in [-0.3, -0.25) is 5.43 Å². The Hall–Kier alpha value is -1.69. The topological polar surface area (TPSA) is 37.3 Å². The van der Waals surface area contributed by atoms with Gasteiger partial charge in [0.05, 0.1) is 16.3 Å². The fourth-order valence-corrected chi connectivity index (χ4v) is 3.29. The summed E-state index contributed by atoms with van der Waals surface area (Å²) in [6.07, 6.45) is 0. The first-order valence-corrected chi connectivity index (χ1v) is 8.42. The molecule has 1 N–H and O–H groups in total. The molecule has 0 saturated heterocycles. The number of nitrogens with zero attached hydrogens (tertiary/aromatic N) is 2. The van der Waals surface area contributed by atoms with E-state index >= 15 is 0 Å². The van der Waals surface area contributed by atoms with E-state index in [1.54, 1.807) is 22.7 Å².